The molecule has 0 saturated heterocycles. The van der Waals surface area contributed by atoms with Crippen molar-refractivity contribution in [1.82, 2.24) is 4.31 Å². The molecule has 0 aromatic heterocycles. The molecule has 0 unspecified atom stereocenters. The predicted molar refractivity (Wildman–Crippen MR) is 111 cm³/mol. The number of nitrogens with zero attached hydrogens (tertiary/aromatic N) is 1. The average Bonchev–Trinajstić information content (AvgIpc) is 2.65. The van der Waals surface area contributed by atoms with E-state index in [2.05, 4.69) is 0 Å². The van der Waals surface area contributed by atoms with Crippen LogP contribution < -0.4 is 4.74 Å². The lowest BCUT2D eigenvalue weighted by atomic mass is 9.98. The van der Waals surface area contributed by atoms with Crippen LogP contribution in [0.3, 0.4) is 0 Å². The molecule has 154 valence electrons. The molecule has 0 aliphatic rings. The smallest absolute Gasteiger partial charge is 0.307 e. The zero-order valence-electron chi connectivity index (χ0n) is 16.2. The number of carboxylic acid groups (broad SMARTS) is 1. The number of rotatable bonds is 6. The van der Waals surface area contributed by atoms with E-state index < -0.39 is 22.6 Å². The molecule has 0 radical (unpaired) electrons. The third-order valence-corrected chi connectivity index (χ3v) is 6.55. The van der Waals surface area contributed by atoms with Gasteiger partial charge in [-0.05, 0) is 59.8 Å². The molecule has 29 heavy (non-hydrogen) atoms. The largest absolute Gasteiger partial charge is 0.481 e. The number of aliphatic carboxylic acids is 1. The first-order valence-corrected chi connectivity index (χ1v) is 10.3. The molecule has 0 saturated carbocycles. The summed E-state index contributed by atoms with van der Waals surface area (Å²) in [6.07, 6.45) is -0.182. The summed E-state index contributed by atoms with van der Waals surface area (Å²) in [6.45, 7) is 1.73. The first-order chi connectivity index (χ1) is 13.6. The van der Waals surface area contributed by atoms with Crippen LogP contribution in [0.4, 0.5) is 4.39 Å². The van der Waals surface area contributed by atoms with Gasteiger partial charge in [-0.1, -0.05) is 12.1 Å². The van der Waals surface area contributed by atoms with Gasteiger partial charge in [-0.3, -0.25) is 13.9 Å². The third kappa shape index (κ3) is 4.35. The van der Waals surface area contributed by atoms with Gasteiger partial charge in [0.1, 0.15) is 17.3 Å². The molecule has 3 N–H and O–H groups in total. The Morgan fingerprint density at radius 2 is 1.76 bits per heavy atom. The third-order valence-electron chi connectivity index (χ3n) is 4.62. The van der Waals surface area contributed by atoms with Crippen LogP contribution >= 0.6 is 10.8 Å². The number of halogens is 1. The van der Waals surface area contributed by atoms with Gasteiger partial charge < -0.3 is 9.84 Å². The molecule has 8 heteroatoms. The van der Waals surface area contributed by atoms with Crippen LogP contribution in [0.2, 0.25) is 0 Å². The van der Waals surface area contributed by atoms with Crippen LogP contribution in [0.5, 0.6) is 11.5 Å². The summed E-state index contributed by atoms with van der Waals surface area (Å²) in [5.74, 6) is -0.629. The summed E-state index contributed by atoms with van der Waals surface area (Å²) < 4.78 is 41.6. The average molecular weight is 419 g/mol. The molecular weight excluding hydrogens is 397 g/mol. The highest BCUT2D eigenvalue weighted by Crippen LogP contribution is 2.50. The fourth-order valence-electron chi connectivity index (χ4n) is 2.99. The number of hydrogen-bond donors (Lipinski definition) is 3. The summed E-state index contributed by atoms with van der Waals surface area (Å²) >= 11 is 0. The summed E-state index contributed by atoms with van der Waals surface area (Å²) in [7, 11) is 0.0622. The quantitative estimate of drug-likeness (QED) is 0.503. The maximum atomic E-state index is 13.9. The Labute approximate surface area is 169 Å². The standard InChI is InChI=1S/C21H22FNO5S/c1-13-15(11-20(24)25)10-14-4-5-16(22)12-19(14)21(13)28-17-6-8-18(9-7-17)29(26,27)23(2)3/h4-10,12,26-27H,11H2,1-3H3,(H,24,25). The minimum absolute atomic E-state index is 0.182. The van der Waals surface area contributed by atoms with Gasteiger partial charge in [-0.25, -0.2) is 8.70 Å². The van der Waals surface area contributed by atoms with Crippen LogP contribution in [0.25, 0.3) is 10.8 Å². The molecule has 0 spiro atoms. The van der Waals surface area contributed by atoms with Crippen LogP contribution in [-0.4, -0.2) is 38.6 Å². The minimum Gasteiger partial charge on any atom is -0.481 e. The van der Waals surface area contributed by atoms with Crippen molar-refractivity contribution < 1.29 is 28.1 Å². The van der Waals surface area contributed by atoms with E-state index in [9.17, 15) is 23.4 Å². The van der Waals surface area contributed by atoms with Crippen molar-refractivity contribution in [1.29, 1.82) is 0 Å². The molecule has 3 aromatic carbocycles. The molecule has 6 nitrogen and oxygen atoms in total. The van der Waals surface area contributed by atoms with E-state index in [0.717, 1.165) is 0 Å². The number of carboxylic acids is 1. The Morgan fingerprint density at radius 3 is 2.34 bits per heavy atom. The minimum atomic E-state index is -3.07. The van der Waals surface area contributed by atoms with Crippen molar-refractivity contribution in [2.24, 2.45) is 0 Å². The Morgan fingerprint density at radius 1 is 1.10 bits per heavy atom. The molecule has 0 bridgehead atoms. The molecular formula is C21H22FNO5S. The Kier molecular flexibility index (Phi) is 5.81. The second-order valence-electron chi connectivity index (χ2n) is 6.83. The summed E-state index contributed by atoms with van der Waals surface area (Å²) in [5.41, 5.74) is 1.18. The van der Waals surface area contributed by atoms with Crippen molar-refractivity contribution in [2.45, 2.75) is 18.2 Å². The van der Waals surface area contributed by atoms with E-state index in [4.69, 9.17) is 4.74 Å². The summed E-state index contributed by atoms with van der Waals surface area (Å²) in [4.78, 5) is 11.6. The number of carbonyl (C=O) groups is 1. The highest BCUT2D eigenvalue weighted by atomic mass is 32.3. The maximum Gasteiger partial charge on any atom is 0.307 e. The normalized spacial score (nSPS) is 12.4. The van der Waals surface area contributed by atoms with E-state index >= 15 is 0 Å². The number of fused-ring (bicyclic) bond motifs is 1. The van der Waals surface area contributed by atoms with Crippen molar-refractivity contribution in [3.05, 3.63) is 65.5 Å². The molecule has 0 aliphatic heterocycles. The fraction of sp³-hybridized carbons (Fsp3) is 0.190. The summed E-state index contributed by atoms with van der Waals surface area (Å²) in [6, 6.07) is 12.2. The fourth-order valence-corrected chi connectivity index (χ4v) is 3.91. The van der Waals surface area contributed by atoms with Gasteiger partial charge in [0.15, 0.2) is 0 Å². The monoisotopic (exact) mass is 419 g/mol. The first-order valence-electron chi connectivity index (χ1n) is 8.77. The lowest BCUT2D eigenvalue weighted by Crippen LogP contribution is -2.18. The van der Waals surface area contributed by atoms with Crippen LogP contribution in [-0.2, 0) is 11.2 Å². The van der Waals surface area contributed by atoms with E-state index in [-0.39, 0.29) is 6.42 Å². The number of hydrogen-bond acceptors (Lipinski definition) is 5. The zero-order valence-corrected chi connectivity index (χ0v) is 17.0. The van der Waals surface area contributed by atoms with Crippen molar-refractivity contribution >= 4 is 27.5 Å². The van der Waals surface area contributed by atoms with Crippen molar-refractivity contribution in [3.63, 3.8) is 0 Å². The van der Waals surface area contributed by atoms with Gasteiger partial charge in [0.05, 0.1) is 11.3 Å². The molecule has 0 aliphatic carbocycles. The second kappa shape index (κ2) is 8.00. The van der Waals surface area contributed by atoms with Gasteiger partial charge >= 0.3 is 5.97 Å². The molecule has 0 atom stereocenters. The first kappa shape index (κ1) is 21.1. The second-order valence-corrected chi connectivity index (χ2v) is 9.07. The Hall–Kier alpha value is -2.65. The van der Waals surface area contributed by atoms with E-state index in [1.165, 1.54) is 16.4 Å². The van der Waals surface area contributed by atoms with Gasteiger partial charge in [-0.2, -0.15) is 0 Å². The Bertz CT molecular complexity index is 1070. The molecule has 0 amide bonds. The molecule has 0 heterocycles. The molecule has 3 aromatic rings. The lowest BCUT2D eigenvalue weighted by molar-refractivity contribution is -0.136. The van der Waals surface area contributed by atoms with Crippen LogP contribution in [0.15, 0.2) is 53.4 Å². The lowest BCUT2D eigenvalue weighted by Gasteiger charge is -2.38. The van der Waals surface area contributed by atoms with Gasteiger partial charge in [0, 0.05) is 19.5 Å². The van der Waals surface area contributed by atoms with Crippen molar-refractivity contribution in [3.8, 4) is 11.5 Å². The SMILES string of the molecule is Cc1c(CC(=O)O)cc2ccc(F)cc2c1Oc1ccc(S(O)(O)N(C)C)cc1. The Balaban J connectivity index is 2.06. The highest BCUT2D eigenvalue weighted by molar-refractivity contribution is 8.22. The zero-order chi connectivity index (χ0) is 21.3. The van der Waals surface area contributed by atoms with Crippen LogP contribution in [0, 0.1) is 12.7 Å². The van der Waals surface area contributed by atoms with E-state index in [1.54, 1.807) is 57.4 Å². The number of ether oxygens (including phenoxy) is 1. The van der Waals surface area contributed by atoms with Crippen molar-refractivity contribution in [2.75, 3.05) is 14.1 Å². The molecule has 0 fully saturated rings. The predicted octanol–water partition coefficient (Wildman–Crippen LogP) is 5.29. The van der Waals surface area contributed by atoms with Gasteiger partial charge in [0.2, 0.25) is 0 Å². The van der Waals surface area contributed by atoms with E-state index in [0.29, 0.717) is 38.3 Å². The maximum absolute atomic E-state index is 13.9. The molecule has 3 rings (SSSR count). The topological polar surface area (TPSA) is 90.2 Å². The van der Waals surface area contributed by atoms with Gasteiger partial charge in [-0.15, -0.1) is 10.8 Å². The van der Waals surface area contributed by atoms with Crippen LogP contribution in [0.1, 0.15) is 11.1 Å². The van der Waals surface area contributed by atoms with E-state index in [1.807, 2.05) is 0 Å². The van der Waals surface area contributed by atoms with Gasteiger partial charge in [0.25, 0.3) is 0 Å². The summed E-state index contributed by atoms with van der Waals surface area (Å²) in [5, 5.41) is 10.4. The highest BCUT2D eigenvalue weighted by Gasteiger charge is 2.19. The number of benzene rings is 3.